The fraction of sp³-hybridized carbons (Fsp3) is 0.182. The SMILES string of the molecule is NNC(c1ccc2cccnc2c1)C(F)(F)F. The molecule has 2 rings (SSSR count). The Hall–Kier alpha value is -1.66. The predicted octanol–water partition coefficient (Wildman–Crippen LogP) is 2.30. The second-order valence-corrected chi connectivity index (χ2v) is 3.60. The Morgan fingerprint density at radius 3 is 2.65 bits per heavy atom. The number of nitrogens with one attached hydrogen (secondary N) is 1. The van der Waals surface area contributed by atoms with Crippen molar-refractivity contribution in [3.05, 3.63) is 42.1 Å². The Morgan fingerprint density at radius 1 is 1.24 bits per heavy atom. The minimum absolute atomic E-state index is 0.0474. The summed E-state index contributed by atoms with van der Waals surface area (Å²) in [7, 11) is 0. The minimum Gasteiger partial charge on any atom is -0.271 e. The van der Waals surface area contributed by atoms with Crippen LogP contribution in [0.5, 0.6) is 0 Å². The Bertz CT molecular complexity index is 525. The highest BCUT2D eigenvalue weighted by Crippen LogP contribution is 2.32. The molecular weight excluding hydrogens is 231 g/mol. The van der Waals surface area contributed by atoms with E-state index in [1.807, 2.05) is 0 Å². The zero-order valence-electron chi connectivity index (χ0n) is 8.70. The summed E-state index contributed by atoms with van der Waals surface area (Å²) in [6.45, 7) is 0. The van der Waals surface area contributed by atoms with E-state index in [2.05, 4.69) is 4.98 Å². The van der Waals surface area contributed by atoms with Crippen LogP contribution in [0.15, 0.2) is 36.5 Å². The zero-order valence-corrected chi connectivity index (χ0v) is 8.70. The lowest BCUT2D eigenvalue weighted by atomic mass is 10.0. The summed E-state index contributed by atoms with van der Waals surface area (Å²) in [5.74, 6) is 4.94. The van der Waals surface area contributed by atoms with Gasteiger partial charge in [-0.3, -0.25) is 10.8 Å². The van der Waals surface area contributed by atoms with Crippen molar-refractivity contribution >= 4 is 10.9 Å². The highest BCUT2D eigenvalue weighted by atomic mass is 19.4. The number of rotatable bonds is 2. The molecule has 0 aliphatic rings. The fourth-order valence-corrected chi connectivity index (χ4v) is 1.64. The smallest absolute Gasteiger partial charge is 0.271 e. The highest BCUT2D eigenvalue weighted by molar-refractivity contribution is 5.79. The summed E-state index contributed by atoms with van der Waals surface area (Å²) in [6.07, 6.45) is -2.90. The van der Waals surface area contributed by atoms with Crippen LogP contribution < -0.4 is 11.3 Å². The molecule has 0 saturated carbocycles. The standard InChI is InChI=1S/C11H10F3N3/c12-11(13,14)10(17-15)8-4-3-7-2-1-5-16-9(7)6-8/h1-6,10,17H,15H2. The largest absolute Gasteiger partial charge is 0.409 e. The number of alkyl halides is 3. The number of halogens is 3. The molecule has 0 bridgehead atoms. The molecule has 1 heterocycles. The first-order valence-corrected chi connectivity index (χ1v) is 4.90. The van der Waals surface area contributed by atoms with Crippen molar-refractivity contribution in [1.82, 2.24) is 10.4 Å². The van der Waals surface area contributed by atoms with Gasteiger partial charge in [0.15, 0.2) is 0 Å². The molecule has 6 heteroatoms. The van der Waals surface area contributed by atoms with Gasteiger partial charge in [0.1, 0.15) is 6.04 Å². The second kappa shape index (κ2) is 4.31. The van der Waals surface area contributed by atoms with E-state index in [4.69, 9.17) is 5.84 Å². The molecule has 90 valence electrons. The van der Waals surface area contributed by atoms with Crippen molar-refractivity contribution in [2.45, 2.75) is 12.2 Å². The van der Waals surface area contributed by atoms with Gasteiger partial charge in [-0.15, -0.1) is 0 Å². The molecule has 2 aromatic rings. The maximum absolute atomic E-state index is 12.6. The molecule has 0 radical (unpaired) electrons. The molecule has 1 atom stereocenters. The normalized spacial score (nSPS) is 13.9. The van der Waals surface area contributed by atoms with E-state index in [0.29, 0.717) is 5.52 Å². The van der Waals surface area contributed by atoms with Crippen molar-refractivity contribution in [2.24, 2.45) is 5.84 Å². The van der Waals surface area contributed by atoms with E-state index in [1.54, 1.807) is 23.6 Å². The van der Waals surface area contributed by atoms with Crippen LogP contribution >= 0.6 is 0 Å². The van der Waals surface area contributed by atoms with Crippen LogP contribution in [0.1, 0.15) is 11.6 Å². The number of benzene rings is 1. The first-order chi connectivity index (χ1) is 8.02. The van der Waals surface area contributed by atoms with Crippen LogP contribution in [-0.4, -0.2) is 11.2 Å². The Labute approximate surface area is 95.4 Å². The average Bonchev–Trinajstić information content (AvgIpc) is 2.28. The van der Waals surface area contributed by atoms with E-state index < -0.39 is 12.2 Å². The van der Waals surface area contributed by atoms with Gasteiger partial charge in [-0.25, -0.2) is 5.43 Å². The van der Waals surface area contributed by atoms with Crippen LogP contribution in [0.3, 0.4) is 0 Å². The third kappa shape index (κ3) is 2.37. The fourth-order valence-electron chi connectivity index (χ4n) is 1.64. The molecule has 3 nitrogen and oxygen atoms in total. The number of pyridine rings is 1. The van der Waals surface area contributed by atoms with Crippen molar-refractivity contribution < 1.29 is 13.2 Å². The van der Waals surface area contributed by atoms with Gasteiger partial charge >= 0.3 is 6.18 Å². The first-order valence-electron chi connectivity index (χ1n) is 4.90. The van der Waals surface area contributed by atoms with Gasteiger partial charge in [-0.2, -0.15) is 13.2 Å². The molecule has 0 aliphatic carbocycles. The van der Waals surface area contributed by atoms with E-state index in [9.17, 15) is 13.2 Å². The topological polar surface area (TPSA) is 50.9 Å². The molecule has 0 aliphatic heterocycles. The minimum atomic E-state index is -4.43. The maximum atomic E-state index is 12.6. The lowest BCUT2D eigenvalue weighted by Crippen LogP contribution is -2.38. The summed E-state index contributed by atoms with van der Waals surface area (Å²) in [5.41, 5.74) is 2.33. The molecule has 0 spiro atoms. The molecule has 3 N–H and O–H groups in total. The van der Waals surface area contributed by atoms with E-state index in [0.717, 1.165) is 5.39 Å². The second-order valence-electron chi connectivity index (χ2n) is 3.60. The van der Waals surface area contributed by atoms with Crippen LogP contribution in [0.2, 0.25) is 0 Å². The average molecular weight is 241 g/mol. The number of nitrogens with zero attached hydrogens (tertiary/aromatic N) is 1. The van der Waals surface area contributed by atoms with Gasteiger partial charge in [0, 0.05) is 11.6 Å². The maximum Gasteiger partial charge on any atom is 0.409 e. The monoisotopic (exact) mass is 241 g/mol. The van der Waals surface area contributed by atoms with Crippen molar-refractivity contribution in [1.29, 1.82) is 0 Å². The summed E-state index contributed by atoms with van der Waals surface area (Å²) in [6, 6.07) is 5.99. The van der Waals surface area contributed by atoms with Crippen molar-refractivity contribution in [3.63, 3.8) is 0 Å². The van der Waals surface area contributed by atoms with Crippen LogP contribution in [0.4, 0.5) is 13.2 Å². The van der Waals surface area contributed by atoms with Gasteiger partial charge in [0.2, 0.25) is 0 Å². The van der Waals surface area contributed by atoms with E-state index in [-0.39, 0.29) is 5.56 Å². The van der Waals surface area contributed by atoms with Gasteiger partial charge in [-0.05, 0) is 17.7 Å². The van der Waals surface area contributed by atoms with Gasteiger partial charge in [0.05, 0.1) is 5.52 Å². The van der Waals surface area contributed by atoms with Gasteiger partial charge < -0.3 is 0 Å². The summed E-state index contributed by atoms with van der Waals surface area (Å²) < 4.78 is 37.9. The van der Waals surface area contributed by atoms with Gasteiger partial charge in [-0.1, -0.05) is 18.2 Å². The molecule has 0 fully saturated rings. The number of fused-ring (bicyclic) bond motifs is 1. The van der Waals surface area contributed by atoms with Crippen LogP contribution in [-0.2, 0) is 0 Å². The van der Waals surface area contributed by atoms with Crippen LogP contribution in [0.25, 0.3) is 10.9 Å². The van der Waals surface area contributed by atoms with Crippen molar-refractivity contribution in [2.75, 3.05) is 0 Å². The Morgan fingerprint density at radius 2 is 2.00 bits per heavy atom. The number of nitrogens with two attached hydrogens (primary N) is 1. The predicted molar refractivity (Wildman–Crippen MR) is 57.9 cm³/mol. The van der Waals surface area contributed by atoms with E-state index >= 15 is 0 Å². The number of hydrogen-bond acceptors (Lipinski definition) is 3. The first kappa shape index (κ1) is 11.8. The highest BCUT2D eigenvalue weighted by Gasteiger charge is 2.40. The molecule has 0 saturated heterocycles. The molecule has 0 amide bonds. The summed E-state index contributed by atoms with van der Waals surface area (Å²) >= 11 is 0. The quantitative estimate of drug-likeness (QED) is 0.626. The number of aromatic nitrogens is 1. The van der Waals surface area contributed by atoms with Crippen LogP contribution in [0, 0.1) is 0 Å². The molecule has 1 aromatic carbocycles. The number of hydrogen-bond donors (Lipinski definition) is 2. The summed E-state index contributed by atoms with van der Waals surface area (Å²) in [4.78, 5) is 4.00. The molecule has 1 aromatic heterocycles. The number of hydrazine groups is 1. The van der Waals surface area contributed by atoms with Crippen molar-refractivity contribution in [3.8, 4) is 0 Å². The third-order valence-corrected chi connectivity index (χ3v) is 2.46. The lowest BCUT2D eigenvalue weighted by molar-refractivity contribution is -0.157. The lowest BCUT2D eigenvalue weighted by Gasteiger charge is -2.19. The Balaban J connectivity index is 2.48. The molecular formula is C11H10F3N3. The molecule has 1 unspecified atom stereocenters. The zero-order chi connectivity index (χ0) is 12.5. The van der Waals surface area contributed by atoms with E-state index in [1.165, 1.54) is 18.3 Å². The molecule has 17 heavy (non-hydrogen) atoms. The van der Waals surface area contributed by atoms with Gasteiger partial charge in [0.25, 0.3) is 0 Å². The Kier molecular flexibility index (Phi) is 2.99. The summed E-state index contributed by atoms with van der Waals surface area (Å²) in [5, 5.41) is 0.786. The third-order valence-electron chi connectivity index (χ3n) is 2.46.